The van der Waals surface area contributed by atoms with E-state index in [2.05, 4.69) is 24.1 Å². The topological polar surface area (TPSA) is 15.3 Å². The minimum Gasteiger partial charge on any atom is -0.310 e. The summed E-state index contributed by atoms with van der Waals surface area (Å²) < 4.78 is 0. The van der Waals surface area contributed by atoms with Crippen LogP contribution in [0.3, 0.4) is 0 Å². The fourth-order valence-corrected chi connectivity index (χ4v) is 2.54. The lowest BCUT2D eigenvalue weighted by atomic mass is 9.95. The maximum Gasteiger partial charge on any atom is 0.0240 e. The number of likely N-dealkylation sites (tertiary alicyclic amines) is 1. The van der Waals surface area contributed by atoms with Crippen molar-refractivity contribution in [1.29, 1.82) is 0 Å². The van der Waals surface area contributed by atoms with Crippen molar-refractivity contribution in [2.75, 3.05) is 32.1 Å². The Kier molecular flexibility index (Phi) is 5.95. The molecule has 0 spiro atoms. The Bertz CT molecular complexity index is 169. The molecular formula is C12H25ClN2. The zero-order valence-corrected chi connectivity index (χ0v) is 10.9. The summed E-state index contributed by atoms with van der Waals surface area (Å²) in [5.41, 5.74) is 0.238. The predicted octanol–water partition coefficient (Wildman–Crippen LogP) is 2.47. The van der Waals surface area contributed by atoms with E-state index in [1.165, 1.54) is 32.5 Å². The van der Waals surface area contributed by atoms with E-state index < -0.39 is 0 Å². The minimum atomic E-state index is 0.238. The molecule has 1 saturated heterocycles. The molecule has 1 heterocycles. The summed E-state index contributed by atoms with van der Waals surface area (Å²) >= 11 is 5.82. The van der Waals surface area contributed by atoms with Crippen molar-refractivity contribution in [3.05, 3.63) is 0 Å². The monoisotopic (exact) mass is 232 g/mol. The fourth-order valence-electron chi connectivity index (χ4n) is 2.12. The molecule has 1 rings (SSSR count). The molecule has 1 N–H and O–H groups in total. The molecule has 2 nitrogen and oxygen atoms in total. The molecule has 0 saturated carbocycles. The predicted molar refractivity (Wildman–Crippen MR) is 67.7 cm³/mol. The van der Waals surface area contributed by atoms with Gasteiger partial charge in [0.15, 0.2) is 0 Å². The Hall–Kier alpha value is 0.210. The molecule has 1 fully saturated rings. The highest BCUT2D eigenvalue weighted by Gasteiger charge is 2.20. The Balaban J connectivity index is 2.15. The summed E-state index contributed by atoms with van der Waals surface area (Å²) in [5, 5.41) is 3.65. The quantitative estimate of drug-likeness (QED) is 0.679. The Labute approximate surface area is 99.4 Å². The van der Waals surface area contributed by atoms with Gasteiger partial charge in [0.2, 0.25) is 0 Å². The van der Waals surface area contributed by atoms with Crippen molar-refractivity contribution >= 4 is 11.6 Å². The average Bonchev–Trinajstić information content (AvgIpc) is 2.71. The third-order valence-electron chi connectivity index (χ3n) is 3.61. The molecular weight excluding hydrogens is 208 g/mol. The van der Waals surface area contributed by atoms with Crippen LogP contribution in [-0.4, -0.2) is 42.5 Å². The van der Waals surface area contributed by atoms with Crippen molar-refractivity contribution in [1.82, 2.24) is 10.2 Å². The second kappa shape index (κ2) is 6.72. The Morgan fingerprint density at radius 1 is 1.33 bits per heavy atom. The average molecular weight is 233 g/mol. The van der Waals surface area contributed by atoms with E-state index in [0.29, 0.717) is 0 Å². The number of alkyl halides is 1. The van der Waals surface area contributed by atoms with Crippen LogP contribution in [0.4, 0.5) is 0 Å². The second-order valence-corrected chi connectivity index (χ2v) is 5.21. The fraction of sp³-hybridized carbons (Fsp3) is 1.00. The van der Waals surface area contributed by atoms with E-state index in [9.17, 15) is 0 Å². The molecule has 0 aromatic carbocycles. The van der Waals surface area contributed by atoms with Gasteiger partial charge < -0.3 is 10.2 Å². The molecule has 1 aliphatic heterocycles. The van der Waals surface area contributed by atoms with Crippen LogP contribution in [0, 0.1) is 0 Å². The van der Waals surface area contributed by atoms with Crippen molar-refractivity contribution in [2.24, 2.45) is 0 Å². The van der Waals surface area contributed by atoms with Crippen LogP contribution in [0.2, 0.25) is 0 Å². The van der Waals surface area contributed by atoms with Gasteiger partial charge in [-0.3, -0.25) is 0 Å². The van der Waals surface area contributed by atoms with Crippen LogP contribution in [0.1, 0.15) is 39.5 Å². The number of rotatable bonds is 7. The lowest BCUT2D eigenvalue weighted by molar-refractivity contribution is 0.283. The van der Waals surface area contributed by atoms with Gasteiger partial charge in [0.05, 0.1) is 0 Å². The van der Waals surface area contributed by atoms with Crippen LogP contribution in [0.25, 0.3) is 0 Å². The first kappa shape index (κ1) is 13.3. The zero-order valence-electron chi connectivity index (χ0n) is 10.2. The molecule has 1 atom stereocenters. The maximum atomic E-state index is 5.82. The van der Waals surface area contributed by atoms with Crippen LogP contribution in [0.5, 0.6) is 0 Å². The molecule has 1 aliphatic rings. The molecule has 1 unspecified atom stereocenters. The largest absolute Gasteiger partial charge is 0.310 e. The smallest absolute Gasteiger partial charge is 0.0240 e. The molecule has 0 bridgehead atoms. The lowest BCUT2D eigenvalue weighted by Gasteiger charge is -2.30. The SMILES string of the molecule is CCC(C)(CCCl)NCCN1CCCC1. The third-order valence-corrected chi connectivity index (χ3v) is 3.79. The maximum absolute atomic E-state index is 5.82. The minimum absolute atomic E-state index is 0.238. The van der Waals surface area contributed by atoms with Crippen molar-refractivity contribution < 1.29 is 0 Å². The molecule has 0 amide bonds. The zero-order chi connectivity index (χ0) is 11.1. The first-order valence-electron chi connectivity index (χ1n) is 6.23. The normalized spacial score (nSPS) is 21.8. The van der Waals surface area contributed by atoms with Gasteiger partial charge in [-0.1, -0.05) is 6.92 Å². The van der Waals surface area contributed by atoms with Crippen molar-refractivity contribution in [3.63, 3.8) is 0 Å². The van der Waals surface area contributed by atoms with Gasteiger partial charge in [-0.2, -0.15) is 0 Å². The summed E-state index contributed by atoms with van der Waals surface area (Å²) in [6, 6.07) is 0. The highest BCUT2D eigenvalue weighted by atomic mass is 35.5. The van der Waals surface area contributed by atoms with Gasteiger partial charge in [0, 0.05) is 24.5 Å². The molecule has 0 aliphatic carbocycles. The Morgan fingerprint density at radius 3 is 2.53 bits per heavy atom. The third kappa shape index (κ3) is 4.71. The highest BCUT2D eigenvalue weighted by molar-refractivity contribution is 6.17. The number of nitrogens with one attached hydrogen (secondary N) is 1. The first-order chi connectivity index (χ1) is 7.20. The summed E-state index contributed by atoms with van der Waals surface area (Å²) in [7, 11) is 0. The molecule has 15 heavy (non-hydrogen) atoms. The van der Waals surface area contributed by atoms with E-state index in [4.69, 9.17) is 11.6 Å². The summed E-state index contributed by atoms with van der Waals surface area (Å²) in [6.45, 7) is 9.38. The Morgan fingerprint density at radius 2 is 2.00 bits per heavy atom. The van der Waals surface area contributed by atoms with Crippen LogP contribution < -0.4 is 5.32 Å². The van der Waals surface area contributed by atoms with E-state index in [-0.39, 0.29) is 5.54 Å². The number of hydrogen-bond donors (Lipinski definition) is 1. The number of halogens is 1. The summed E-state index contributed by atoms with van der Waals surface area (Å²) in [6.07, 6.45) is 4.98. The van der Waals surface area contributed by atoms with Gasteiger partial charge >= 0.3 is 0 Å². The van der Waals surface area contributed by atoms with Gasteiger partial charge in [-0.25, -0.2) is 0 Å². The van der Waals surface area contributed by atoms with Gasteiger partial charge in [-0.05, 0) is 45.7 Å². The number of nitrogens with zero attached hydrogens (tertiary/aromatic N) is 1. The first-order valence-corrected chi connectivity index (χ1v) is 6.77. The molecule has 90 valence electrons. The second-order valence-electron chi connectivity index (χ2n) is 4.83. The van der Waals surface area contributed by atoms with E-state index in [1.807, 2.05) is 0 Å². The van der Waals surface area contributed by atoms with Gasteiger partial charge in [0.1, 0.15) is 0 Å². The van der Waals surface area contributed by atoms with Crippen LogP contribution in [-0.2, 0) is 0 Å². The summed E-state index contributed by atoms with van der Waals surface area (Å²) in [4.78, 5) is 2.55. The van der Waals surface area contributed by atoms with Crippen LogP contribution in [0.15, 0.2) is 0 Å². The van der Waals surface area contributed by atoms with Crippen LogP contribution >= 0.6 is 11.6 Å². The molecule has 0 aromatic rings. The van der Waals surface area contributed by atoms with E-state index in [0.717, 1.165) is 25.3 Å². The number of hydrogen-bond acceptors (Lipinski definition) is 2. The van der Waals surface area contributed by atoms with Gasteiger partial charge in [-0.15, -0.1) is 11.6 Å². The molecule has 3 heteroatoms. The van der Waals surface area contributed by atoms with Crippen molar-refractivity contribution in [2.45, 2.75) is 45.1 Å². The lowest BCUT2D eigenvalue weighted by Crippen LogP contribution is -2.45. The highest BCUT2D eigenvalue weighted by Crippen LogP contribution is 2.15. The molecule has 0 aromatic heterocycles. The van der Waals surface area contributed by atoms with Gasteiger partial charge in [0.25, 0.3) is 0 Å². The molecule has 0 radical (unpaired) electrons. The van der Waals surface area contributed by atoms with Crippen molar-refractivity contribution in [3.8, 4) is 0 Å². The van der Waals surface area contributed by atoms with E-state index in [1.54, 1.807) is 0 Å². The van der Waals surface area contributed by atoms with E-state index >= 15 is 0 Å². The summed E-state index contributed by atoms with van der Waals surface area (Å²) in [5.74, 6) is 0.751. The standard InChI is InChI=1S/C12H25ClN2/c1-3-12(2,6-7-13)14-8-11-15-9-4-5-10-15/h14H,3-11H2,1-2H3.